The van der Waals surface area contributed by atoms with Crippen LogP contribution in [0.2, 0.25) is 0 Å². The SMILES string of the molecule is Cn1ccnc1CNCC1CN(c2cc3c(nn2)CCCC3)C1. The van der Waals surface area contributed by atoms with Crippen molar-refractivity contribution in [3.8, 4) is 0 Å². The predicted molar refractivity (Wildman–Crippen MR) is 89.3 cm³/mol. The Morgan fingerprint density at radius 2 is 2.09 bits per heavy atom. The lowest BCUT2D eigenvalue weighted by atomic mass is 9.95. The maximum Gasteiger partial charge on any atom is 0.151 e. The Morgan fingerprint density at radius 3 is 2.91 bits per heavy atom. The zero-order chi connectivity index (χ0) is 15.6. The molecule has 23 heavy (non-hydrogen) atoms. The van der Waals surface area contributed by atoms with Gasteiger partial charge in [-0.2, -0.15) is 5.10 Å². The number of hydrogen-bond acceptors (Lipinski definition) is 5. The van der Waals surface area contributed by atoms with Gasteiger partial charge in [0.2, 0.25) is 0 Å². The molecule has 1 aliphatic carbocycles. The van der Waals surface area contributed by atoms with Crippen molar-refractivity contribution in [3.63, 3.8) is 0 Å². The second-order valence-electron chi connectivity index (χ2n) is 6.74. The lowest BCUT2D eigenvalue weighted by Gasteiger charge is -2.40. The third-order valence-corrected chi connectivity index (χ3v) is 4.98. The van der Waals surface area contributed by atoms with E-state index in [1.54, 1.807) is 0 Å². The summed E-state index contributed by atoms with van der Waals surface area (Å²) in [6.07, 6.45) is 8.64. The van der Waals surface area contributed by atoms with E-state index in [2.05, 4.69) is 36.0 Å². The van der Waals surface area contributed by atoms with Crippen molar-refractivity contribution >= 4 is 5.82 Å². The Morgan fingerprint density at radius 1 is 1.22 bits per heavy atom. The fourth-order valence-electron chi connectivity index (χ4n) is 3.47. The number of hydrogen-bond donors (Lipinski definition) is 1. The molecule has 0 spiro atoms. The molecule has 1 saturated heterocycles. The number of anilines is 1. The van der Waals surface area contributed by atoms with Crippen LogP contribution in [0.5, 0.6) is 0 Å². The quantitative estimate of drug-likeness (QED) is 0.902. The summed E-state index contributed by atoms with van der Waals surface area (Å²) in [6, 6.07) is 2.26. The molecule has 0 atom stereocenters. The molecule has 4 rings (SSSR count). The van der Waals surface area contributed by atoms with Gasteiger partial charge in [-0.05, 0) is 37.3 Å². The van der Waals surface area contributed by atoms with Gasteiger partial charge in [0.05, 0.1) is 12.2 Å². The Hall–Kier alpha value is -1.95. The number of rotatable bonds is 5. The zero-order valence-corrected chi connectivity index (χ0v) is 13.7. The van der Waals surface area contributed by atoms with E-state index in [-0.39, 0.29) is 0 Å². The molecule has 6 heteroatoms. The van der Waals surface area contributed by atoms with Gasteiger partial charge in [0.15, 0.2) is 5.82 Å². The minimum absolute atomic E-state index is 0.688. The third-order valence-electron chi connectivity index (χ3n) is 4.98. The molecule has 1 fully saturated rings. The first-order valence-electron chi connectivity index (χ1n) is 8.57. The van der Waals surface area contributed by atoms with Gasteiger partial charge in [0.1, 0.15) is 5.82 Å². The van der Waals surface area contributed by atoms with Crippen molar-refractivity contribution in [2.24, 2.45) is 13.0 Å². The largest absolute Gasteiger partial charge is 0.354 e. The number of nitrogens with zero attached hydrogens (tertiary/aromatic N) is 5. The van der Waals surface area contributed by atoms with Crippen LogP contribution in [0.4, 0.5) is 5.82 Å². The van der Waals surface area contributed by atoms with Gasteiger partial charge in [0, 0.05) is 45.0 Å². The lowest BCUT2D eigenvalue weighted by Crippen LogP contribution is -2.51. The van der Waals surface area contributed by atoms with E-state index in [1.165, 1.54) is 30.5 Å². The topological polar surface area (TPSA) is 58.9 Å². The number of fused-ring (bicyclic) bond motifs is 1. The molecule has 0 radical (unpaired) electrons. The van der Waals surface area contributed by atoms with Crippen molar-refractivity contribution < 1.29 is 0 Å². The molecule has 6 nitrogen and oxygen atoms in total. The number of aryl methyl sites for hydroxylation is 3. The van der Waals surface area contributed by atoms with Crippen LogP contribution in [0.15, 0.2) is 18.5 Å². The summed E-state index contributed by atoms with van der Waals surface area (Å²) in [5.74, 6) is 2.83. The van der Waals surface area contributed by atoms with Crippen LogP contribution in [0.25, 0.3) is 0 Å². The fraction of sp³-hybridized carbons (Fsp3) is 0.588. The molecule has 0 saturated carbocycles. The Labute approximate surface area is 136 Å². The molecule has 0 bridgehead atoms. The van der Waals surface area contributed by atoms with Crippen molar-refractivity contribution in [3.05, 3.63) is 35.5 Å². The molecule has 0 aromatic carbocycles. The maximum atomic E-state index is 4.43. The third kappa shape index (κ3) is 3.08. The number of aromatic nitrogens is 4. The molecular formula is C17H24N6. The smallest absolute Gasteiger partial charge is 0.151 e. The predicted octanol–water partition coefficient (Wildman–Crippen LogP) is 1.31. The highest BCUT2D eigenvalue weighted by atomic mass is 15.3. The van der Waals surface area contributed by atoms with E-state index in [0.717, 1.165) is 44.2 Å². The van der Waals surface area contributed by atoms with Crippen molar-refractivity contribution in [1.82, 2.24) is 25.1 Å². The second-order valence-corrected chi connectivity index (χ2v) is 6.74. The molecule has 3 heterocycles. The number of nitrogens with one attached hydrogen (secondary N) is 1. The second kappa shape index (κ2) is 6.28. The van der Waals surface area contributed by atoms with Gasteiger partial charge in [-0.3, -0.25) is 0 Å². The maximum absolute atomic E-state index is 4.43. The number of imidazole rings is 1. The molecular weight excluding hydrogens is 288 g/mol. The van der Waals surface area contributed by atoms with E-state index in [1.807, 2.05) is 19.4 Å². The van der Waals surface area contributed by atoms with Crippen LogP contribution in [0.3, 0.4) is 0 Å². The lowest BCUT2D eigenvalue weighted by molar-refractivity contribution is 0.378. The van der Waals surface area contributed by atoms with Gasteiger partial charge in [-0.15, -0.1) is 5.10 Å². The normalized spacial score (nSPS) is 17.9. The zero-order valence-electron chi connectivity index (χ0n) is 13.7. The van der Waals surface area contributed by atoms with Crippen LogP contribution >= 0.6 is 0 Å². The summed E-state index contributed by atoms with van der Waals surface area (Å²) in [6.45, 7) is 4.00. The van der Waals surface area contributed by atoms with Crippen LogP contribution < -0.4 is 10.2 Å². The van der Waals surface area contributed by atoms with E-state index in [0.29, 0.717) is 5.92 Å². The fourth-order valence-corrected chi connectivity index (χ4v) is 3.47. The molecule has 122 valence electrons. The van der Waals surface area contributed by atoms with Crippen molar-refractivity contribution in [2.45, 2.75) is 32.2 Å². The highest BCUT2D eigenvalue weighted by Gasteiger charge is 2.28. The van der Waals surface area contributed by atoms with E-state index >= 15 is 0 Å². The van der Waals surface area contributed by atoms with Gasteiger partial charge in [0.25, 0.3) is 0 Å². The van der Waals surface area contributed by atoms with Crippen molar-refractivity contribution in [1.29, 1.82) is 0 Å². The Bertz CT molecular complexity index is 673. The molecule has 0 amide bonds. The first-order valence-corrected chi connectivity index (χ1v) is 8.57. The summed E-state index contributed by atoms with van der Waals surface area (Å²) in [5, 5.41) is 12.4. The van der Waals surface area contributed by atoms with Crippen molar-refractivity contribution in [2.75, 3.05) is 24.5 Å². The first kappa shape index (κ1) is 14.6. The highest BCUT2D eigenvalue weighted by Crippen LogP contribution is 2.26. The van der Waals surface area contributed by atoms with Crippen LogP contribution in [0, 0.1) is 5.92 Å². The van der Waals surface area contributed by atoms with E-state index < -0.39 is 0 Å². The molecule has 2 aromatic rings. The summed E-state index contributed by atoms with van der Waals surface area (Å²) >= 11 is 0. The average Bonchev–Trinajstić information content (AvgIpc) is 2.94. The molecule has 2 aromatic heterocycles. The molecule has 2 aliphatic rings. The summed E-state index contributed by atoms with van der Waals surface area (Å²) in [4.78, 5) is 6.67. The van der Waals surface area contributed by atoms with Crippen LogP contribution in [0.1, 0.15) is 29.9 Å². The average molecular weight is 312 g/mol. The van der Waals surface area contributed by atoms with E-state index in [4.69, 9.17) is 0 Å². The van der Waals surface area contributed by atoms with Gasteiger partial charge < -0.3 is 14.8 Å². The molecule has 1 aliphatic heterocycles. The monoisotopic (exact) mass is 312 g/mol. The minimum atomic E-state index is 0.688. The Kier molecular flexibility index (Phi) is 3.99. The summed E-state index contributed by atoms with van der Waals surface area (Å²) in [5.41, 5.74) is 2.63. The summed E-state index contributed by atoms with van der Waals surface area (Å²) < 4.78 is 2.06. The van der Waals surface area contributed by atoms with E-state index in [9.17, 15) is 0 Å². The minimum Gasteiger partial charge on any atom is -0.354 e. The molecule has 1 N–H and O–H groups in total. The standard InChI is InChI=1S/C17H24N6/c1-22-7-6-19-17(22)10-18-9-13-11-23(12-13)16-8-14-4-2-3-5-15(14)20-21-16/h6-8,13,18H,2-5,9-12H2,1H3. The Balaban J connectivity index is 1.26. The van der Waals surface area contributed by atoms with Gasteiger partial charge in [-0.25, -0.2) is 4.98 Å². The van der Waals surface area contributed by atoms with Gasteiger partial charge in [-0.1, -0.05) is 0 Å². The molecule has 0 unspecified atom stereocenters. The first-order chi connectivity index (χ1) is 11.3. The van der Waals surface area contributed by atoms with Crippen LogP contribution in [-0.2, 0) is 26.4 Å². The highest BCUT2D eigenvalue weighted by molar-refractivity contribution is 5.44. The summed E-state index contributed by atoms with van der Waals surface area (Å²) in [7, 11) is 2.03. The van der Waals surface area contributed by atoms with Crippen LogP contribution in [-0.4, -0.2) is 39.4 Å². The van der Waals surface area contributed by atoms with Gasteiger partial charge >= 0.3 is 0 Å².